The maximum atomic E-state index is 13.9. The van der Waals surface area contributed by atoms with Gasteiger partial charge in [0.05, 0.1) is 24.9 Å². The Morgan fingerprint density at radius 1 is 0.976 bits per heavy atom. The number of rotatable bonds is 10. The van der Waals surface area contributed by atoms with E-state index in [0.29, 0.717) is 40.3 Å². The number of aromatic nitrogens is 3. The summed E-state index contributed by atoms with van der Waals surface area (Å²) in [5.41, 5.74) is 3.51. The first kappa shape index (κ1) is 27.9. The second-order valence-corrected chi connectivity index (χ2v) is 10.2. The number of halogens is 1. The molecule has 41 heavy (non-hydrogen) atoms. The van der Waals surface area contributed by atoms with E-state index in [1.807, 2.05) is 48.5 Å². The Morgan fingerprint density at radius 3 is 2.54 bits per heavy atom. The molecular formula is C33H28ClN3O4. The van der Waals surface area contributed by atoms with Crippen molar-refractivity contribution in [1.29, 1.82) is 0 Å². The Labute approximate surface area is 242 Å². The van der Waals surface area contributed by atoms with Crippen LogP contribution in [-0.4, -0.2) is 33.2 Å². The van der Waals surface area contributed by atoms with Crippen LogP contribution in [-0.2, 0) is 17.6 Å². The summed E-state index contributed by atoms with van der Waals surface area (Å²) in [5, 5.41) is 1.26. The molecule has 5 aromatic rings. The zero-order valence-electron chi connectivity index (χ0n) is 22.7. The zero-order chi connectivity index (χ0) is 28.9. The van der Waals surface area contributed by atoms with Crippen LogP contribution >= 0.6 is 11.6 Å². The summed E-state index contributed by atoms with van der Waals surface area (Å²) in [6.45, 7) is 1.78. The molecule has 0 fully saturated rings. The third-order valence-corrected chi connectivity index (χ3v) is 7.32. The highest BCUT2D eigenvalue weighted by Gasteiger charge is 2.25. The molecule has 0 spiro atoms. The Morgan fingerprint density at radius 2 is 1.78 bits per heavy atom. The fourth-order valence-corrected chi connectivity index (χ4v) is 5.16. The molecule has 0 bridgehead atoms. The molecule has 3 aromatic carbocycles. The Balaban J connectivity index is 1.58. The molecule has 1 atom stereocenters. The Kier molecular flexibility index (Phi) is 8.36. The number of pyridine rings is 1. The van der Waals surface area contributed by atoms with E-state index in [-0.39, 0.29) is 18.0 Å². The predicted octanol–water partition coefficient (Wildman–Crippen LogP) is 6.31. The lowest BCUT2D eigenvalue weighted by atomic mass is 9.94. The molecule has 1 unspecified atom stereocenters. The molecule has 206 valence electrons. The zero-order valence-corrected chi connectivity index (χ0v) is 23.5. The highest BCUT2D eigenvalue weighted by molar-refractivity contribution is 6.31. The van der Waals surface area contributed by atoms with Gasteiger partial charge in [-0.05, 0) is 47.0 Å². The molecule has 7 nitrogen and oxygen atoms in total. The maximum absolute atomic E-state index is 13.9. The van der Waals surface area contributed by atoms with E-state index in [0.717, 1.165) is 22.0 Å². The molecule has 2 heterocycles. The molecule has 8 heteroatoms. The quantitative estimate of drug-likeness (QED) is 0.184. The van der Waals surface area contributed by atoms with E-state index in [9.17, 15) is 14.4 Å². The van der Waals surface area contributed by atoms with Crippen LogP contribution in [0.1, 0.15) is 40.9 Å². The standard InChI is InChI=1S/C33H28ClN3O4/c1-3-30(38)25-11-10-24(34)16-26(25)27-17-33(40)37(19-32(27)41-2)29(14-21-7-5-4-6-8-21)31(39)15-22-9-12-28-23(13-22)18-35-20-36-28/h4-13,16-20,29H,3,14-15H2,1-2H3. The SMILES string of the molecule is CCC(=O)c1ccc(Cl)cc1-c1cc(=O)n(C(Cc2ccccc2)C(=O)Cc2ccc3ncncc3c2)cc1OC. The molecule has 2 aromatic heterocycles. The van der Waals surface area contributed by atoms with Gasteiger partial charge in [-0.15, -0.1) is 0 Å². The van der Waals surface area contributed by atoms with Crippen molar-refractivity contribution in [3.8, 4) is 16.9 Å². The van der Waals surface area contributed by atoms with Crippen molar-refractivity contribution in [2.75, 3.05) is 7.11 Å². The molecule has 0 N–H and O–H groups in total. The Bertz CT molecular complexity index is 1800. The number of ketones is 2. The van der Waals surface area contributed by atoms with Gasteiger partial charge in [0.2, 0.25) is 0 Å². The number of nitrogens with zero attached hydrogens (tertiary/aromatic N) is 3. The molecule has 5 rings (SSSR count). The second-order valence-electron chi connectivity index (χ2n) is 9.73. The fraction of sp³-hybridized carbons (Fsp3) is 0.182. The molecule has 0 amide bonds. The molecule has 0 saturated heterocycles. The van der Waals surface area contributed by atoms with Crippen molar-refractivity contribution in [2.45, 2.75) is 32.2 Å². The van der Waals surface area contributed by atoms with Gasteiger partial charge in [-0.2, -0.15) is 0 Å². The summed E-state index contributed by atoms with van der Waals surface area (Å²) in [6, 6.07) is 20.8. The topological polar surface area (TPSA) is 91.2 Å². The summed E-state index contributed by atoms with van der Waals surface area (Å²) in [7, 11) is 1.49. The molecule has 0 aliphatic carbocycles. The molecule has 0 aliphatic rings. The lowest BCUT2D eigenvalue weighted by molar-refractivity contribution is -0.121. The molecular weight excluding hydrogens is 538 g/mol. The number of carbonyl (C=O) groups excluding carboxylic acids is 2. The van der Waals surface area contributed by atoms with E-state index in [2.05, 4.69) is 9.97 Å². The number of methoxy groups -OCH3 is 1. The lowest BCUT2D eigenvalue weighted by Gasteiger charge is -2.22. The number of carbonyl (C=O) groups is 2. The van der Waals surface area contributed by atoms with Gasteiger partial charge in [0, 0.05) is 53.1 Å². The van der Waals surface area contributed by atoms with Crippen molar-refractivity contribution >= 4 is 34.1 Å². The normalized spacial score (nSPS) is 11.8. The van der Waals surface area contributed by atoms with Crippen LogP contribution in [0, 0.1) is 0 Å². The first-order valence-electron chi connectivity index (χ1n) is 13.3. The van der Waals surface area contributed by atoms with Gasteiger partial charge in [0.25, 0.3) is 5.56 Å². The summed E-state index contributed by atoms with van der Waals surface area (Å²) >= 11 is 6.29. The van der Waals surface area contributed by atoms with Crippen LogP contribution in [0.25, 0.3) is 22.0 Å². The first-order valence-corrected chi connectivity index (χ1v) is 13.6. The molecule has 0 saturated carbocycles. The van der Waals surface area contributed by atoms with Crippen LogP contribution in [0.4, 0.5) is 0 Å². The van der Waals surface area contributed by atoms with Crippen molar-refractivity contribution in [2.24, 2.45) is 0 Å². The third kappa shape index (κ3) is 6.10. The fourth-order valence-electron chi connectivity index (χ4n) is 4.99. The number of hydrogen-bond donors (Lipinski definition) is 0. The monoisotopic (exact) mass is 565 g/mol. The number of Topliss-reactive ketones (excluding diaryl/α,β-unsaturated/α-hetero) is 2. The van der Waals surface area contributed by atoms with E-state index >= 15 is 0 Å². The number of benzene rings is 3. The molecule has 0 radical (unpaired) electrons. The number of hydrogen-bond acceptors (Lipinski definition) is 6. The highest BCUT2D eigenvalue weighted by atomic mass is 35.5. The summed E-state index contributed by atoms with van der Waals surface area (Å²) in [4.78, 5) is 48.6. The van der Waals surface area contributed by atoms with Crippen LogP contribution < -0.4 is 10.3 Å². The maximum Gasteiger partial charge on any atom is 0.252 e. The largest absolute Gasteiger partial charge is 0.495 e. The Hall–Kier alpha value is -4.62. The van der Waals surface area contributed by atoms with Crippen LogP contribution in [0.3, 0.4) is 0 Å². The van der Waals surface area contributed by atoms with Crippen molar-refractivity contribution < 1.29 is 14.3 Å². The van der Waals surface area contributed by atoms with Crippen molar-refractivity contribution in [3.05, 3.63) is 124 Å². The van der Waals surface area contributed by atoms with Gasteiger partial charge in [0.15, 0.2) is 11.6 Å². The smallest absolute Gasteiger partial charge is 0.252 e. The van der Waals surface area contributed by atoms with E-state index in [4.69, 9.17) is 16.3 Å². The van der Waals surface area contributed by atoms with E-state index in [1.54, 1.807) is 37.5 Å². The van der Waals surface area contributed by atoms with E-state index in [1.165, 1.54) is 24.1 Å². The number of ether oxygens (including phenoxy) is 1. The summed E-state index contributed by atoms with van der Waals surface area (Å²) in [5.74, 6) is 0.137. The molecule has 0 aliphatic heterocycles. The lowest BCUT2D eigenvalue weighted by Crippen LogP contribution is -2.32. The highest BCUT2D eigenvalue weighted by Crippen LogP contribution is 2.34. The van der Waals surface area contributed by atoms with Crippen molar-refractivity contribution in [1.82, 2.24) is 14.5 Å². The van der Waals surface area contributed by atoms with Crippen LogP contribution in [0.15, 0.2) is 96.3 Å². The average molecular weight is 566 g/mol. The third-order valence-electron chi connectivity index (χ3n) is 7.08. The van der Waals surface area contributed by atoms with Crippen molar-refractivity contribution in [3.63, 3.8) is 0 Å². The number of fused-ring (bicyclic) bond motifs is 1. The minimum Gasteiger partial charge on any atom is -0.495 e. The minimum atomic E-state index is -0.799. The van der Waals surface area contributed by atoms with Gasteiger partial charge < -0.3 is 9.30 Å². The van der Waals surface area contributed by atoms with Crippen LogP contribution in [0.2, 0.25) is 5.02 Å². The minimum absolute atomic E-state index is 0.0826. The van der Waals surface area contributed by atoms with Gasteiger partial charge in [-0.3, -0.25) is 14.4 Å². The first-order chi connectivity index (χ1) is 19.9. The van der Waals surface area contributed by atoms with Gasteiger partial charge in [-0.1, -0.05) is 54.9 Å². The summed E-state index contributed by atoms with van der Waals surface area (Å²) < 4.78 is 7.14. The summed E-state index contributed by atoms with van der Waals surface area (Å²) in [6.07, 6.45) is 5.47. The van der Waals surface area contributed by atoms with Crippen LogP contribution in [0.5, 0.6) is 5.75 Å². The van der Waals surface area contributed by atoms with Gasteiger partial charge >= 0.3 is 0 Å². The average Bonchev–Trinajstić information content (AvgIpc) is 3.00. The predicted molar refractivity (Wildman–Crippen MR) is 160 cm³/mol. The second kappa shape index (κ2) is 12.3. The van der Waals surface area contributed by atoms with E-state index < -0.39 is 11.6 Å². The van der Waals surface area contributed by atoms with Gasteiger partial charge in [-0.25, -0.2) is 9.97 Å². The van der Waals surface area contributed by atoms with Gasteiger partial charge in [0.1, 0.15) is 12.1 Å².